The van der Waals surface area contributed by atoms with Gasteiger partial charge in [0, 0.05) is 30.4 Å². The molecule has 0 bridgehead atoms. The zero-order valence-corrected chi connectivity index (χ0v) is 16.2. The van der Waals surface area contributed by atoms with Crippen LogP contribution in [0.1, 0.15) is 54.1 Å². The number of aromatic nitrogens is 3. The first kappa shape index (κ1) is 18.9. The van der Waals surface area contributed by atoms with E-state index in [4.69, 9.17) is 0 Å². The van der Waals surface area contributed by atoms with Crippen LogP contribution in [0.3, 0.4) is 0 Å². The van der Waals surface area contributed by atoms with Gasteiger partial charge in [0.2, 0.25) is 0 Å². The average molecular weight is 393 g/mol. The van der Waals surface area contributed by atoms with Gasteiger partial charge in [0.05, 0.1) is 11.3 Å². The number of fused-ring (bicyclic) bond motifs is 1. The zero-order chi connectivity index (χ0) is 20.7. The van der Waals surface area contributed by atoms with Crippen LogP contribution in [0.25, 0.3) is 16.9 Å². The van der Waals surface area contributed by atoms with E-state index < -0.39 is 5.82 Å². The number of halogens is 1. The fraction of sp³-hybridized carbons (Fsp3) is 0.333. The van der Waals surface area contributed by atoms with E-state index in [9.17, 15) is 19.2 Å². The Morgan fingerprint density at radius 1 is 1.31 bits per heavy atom. The fourth-order valence-electron chi connectivity index (χ4n) is 3.78. The number of H-pyrrole nitrogens is 1. The van der Waals surface area contributed by atoms with E-state index in [1.807, 2.05) is 19.9 Å². The first-order chi connectivity index (χ1) is 13.9. The summed E-state index contributed by atoms with van der Waals surface area (Å²) in [6.07, 6.45) is 3.23. The number of hydrogen-bond donors (Lipinski definition) is 1. The van der Waals surface area contributed by atoms with E-state index in [-0.39, 0.29) is 34.2 Å². The van der Waals surface area contributed by atoms with Gasteiger partial charge in [-0.3, -0.25) is 14.7 Å². The molecule has 148 valence electrons. The Bertz CT molecular complexity index is 1210. The van der Waals surface area contributed by atoms with Gasteiger partial charge in [0.15, 0.2) is 5.65 Å². The molecule has 1 N–H and O–H groups in total. The van der Waals surface area contributed by atoms with Crippen molar-refractivity contribution in [3.05, 3.63) is 57.3 Å². The number of nitrogens with zero attached hydrogens (tertiary/aromatic N) is 4. The van der Waals surface area contributed by atoms with E-state index in [0.717, 1.165) is 12.8 Å². The molecule has 3 aromatic rings. The van der Waals surface area contributed by atoms with Crippen LogP contribution in [0.2, 0.25) is 0 Å². The van der Waals surface area contributed by atoms with Crippen molar-refractivity contribution in [2.45, 2.75) is 32.6 Å². The number of carbonyl (C=O) groups is 1. The lowest BCUT2D eigenvalue weighted by Gasteiger charge is -2.17. The molecular formula is C21H20FN5O2. The smallest absolute Gasteiger partial charge is 0.276 e. The van der Waals surface area contributed by atoms with Crippen LogP contribution in [0.5, 0.6) is 0 Å². The number of amides is 1. The maximum Gasteiger partial charge on any atom is 0.276 e. The number of benzene rings is 1. The highest BCUT2D eigenvalue weighted by atomic mass is 19.1. The van der Waals surface area contributed by atoms with Gasteiger partial charge in [0.25, 0.3) is 11.5 Å². The Labute approximate surface area is 166 Å². The van der Waals surface area contributed by atoms with Crippen molar-refractivity contribution >= 4 is 11.6 Å². The van der Waals surface area contributed by atoms with Gasteiger partial charge in [-0.1, -0.05) is 13.8 Å². The number of rotatable bonds is 3. The summed E-state index contributed by atoms with van der Waals surface area (Å²) in [7, 11) is 0. The van der Waals surface area contributed by atoms with Gasteiger partial charge < -0.3 is 4.90 Å². The first-order valence-corrected chi connectivity index (χ1v) is 9.55. The van der Waals surface area contributed by atoms with Gasteiger partial charge in [-0.05, 0) is 37.0 Å². The van der Waals surface area contributed by atoms with Gasteiger partial charge in [-0.15, -0.1) is 0 Å². The van der Waals surface area contributed by atoms with Crippen molar-refractivity contribution in [1.82, 2.24) is 19.5 Å². The molecule has 0 unspecified atom stereocenters. The molecule has 0 radical (unpaired) electrons. The maximum atomic E-state index is 14.5. The quantitative estimate of drug-likeness (QED) is 0.740. The Morgan fingerprint density at radius 3 is 2.69 bits per heavy atom. The molecule has 7 nitrogen and oxygen atoms in total. The second-order valence-electron chi connectivity index (χ2n) is 7.49. The second-order valence-corrected chi connectivity index (χ2v) is 7.49. The third kappa shape index (κ3) is 3.09. The highest BCUT2D eigenvalue weighted by Crippen LogP contribution is 2.28. The second kappa shape index (κ2) is 7.17. The molecule has 29 heavy (non-hydrogen) atoms. The Kier molecular flexibility index (Phi) is 4.66. The van der Waals surface area contributed by atoms with Crippen LogP contribution in [0, 0.1) is 17.1 Å². The Balaban J connectivity index is 1.93. The molecule has 4 rings (SSSR count). The highest BCUT2D eigenvalue weighted by molar-refractivity contribution is 5.96. The molecule has 2 aromatic heterocycles. The van der Waals surface area contributed by atoms with E-state index in [1.165, 1.54) is 28.9 Å². The minimum absolute atomic E-state index is 0.0318. The molecule has 0 saturated carbocycles. The van der Waals surface area contributed by atoms with Crippen LogP contribution in [0.15, 0.2) is 29.2 Å². The summed E-state index contributed by atoms with van der Waals surface area (Å²) in [5, 5.41) is 12.1. The molecular weight excluding hydrogens is 373 g/mol. The van der Waals surface area contributed by atoms with E-state index >= 15 is 0 Å². The van der Waals surface area contributed by atoms with Crippen molar-refractivity contribution in [1.29, 1.82) is 5.26 Å². The molecule has 1 saturated heterocycles. The number of nitrogens with one attached hydrogen (secondary N) is 1. The minimum atomic E-state index is -0.603. The van der Waals surface area contributed by atoms with E-state index in [0.29, 0.717) is 29.9 Å². The molecule has 0 atom stereocenters. The van der Waals surface area contributed by atoms with Gasteiger partial charge >= 0.3 is 0 Å². The lowest BCUT2D eigenvalue weighted by molar-refractivity contribution is 0.0788. The Hall–Kier alpha value is -3.47. The molecule has 0 aliphatic carbocycles. The average Bonchev–Trinajstić information content (AvgIpc) is 3.37. The third-order valence-electron chi connectivity index (χ3n) is 5.26. The van der Waals surface area contributed by atoms with Crippen molar-refractivity contribution in [3.63, 3.8) is 0 Å². The van der Waals surface area contributed by atoms with Crippen molar-refractivity contribution in [3.8, 4) is 17.3 Å². The molecule has 8 heteroatoms. The third-order valence-corrected chi connectivity index (χ3v) is 5.26. The lowest BCUT2D eigenvalue weighted by Crippen LogP contribution is -2.28. The molecule has 1 aromatic carbocycles. The summed E-state index contributed by atoms with van der Waals surface area (Å²) in [6, 6.07) is 6.21. The standard InChI is InChI=1S/C21H20FN5O2/c1-12(2)17-18(25-19-14(10-23)11-24-27(19)21(17)29)13-5-6-16(22)15(9-13)20(28)26-7-3-4-8-26/h5-6,9,11-12,24H,3-4,7-8H2,1-2H3. The van der Waals surface area contributed by atoms with E-state index in [2.05, 4.69) is 10.1 Å². The van der Waals surface area contributed by atoms with Crippen molar-refractivity contribution in [2.75, 3.05) is 13.1 Å². The largest absolute Gasteiger partial charge is 0.339 e. The summed E-state index contributed by atoms with van der Waals surface area (Å²) < 4.78 is 15.7. The number of aromatic amines is 1. The number of hydrogen-bond acceptors (Lipinski definition) is 4. The molecule has 0 spiro atoms. The summed E-state index contributed by atoms with van der Waals surface area (Å²) in [5.41, 5.74) is 1.34. The van der Waals surface area contributed by atoms with Crippen LogP contribution in [-0.2, 0) is 0 Å². The SMILES string of the molecule is CC(C)c1c(-c2ccc(F)c(C(=O)N3CCCC3)c2)nc2c(C#N)c[nH]n2c1=O. The normalized spacial score (nSPS) is 14.0. The topological polar surface area (TPSA) is 94.3 Å². The minimum Gasteiger partial charge on any atom is -0.339 e. The number of likely N-dealkylation sites (tertiary alicyclic amines) is 1. The molecule has 3 heterocycles. The van der Waals surface area contributed by atoms with E-state index in [1.54, 1.807) is 4.90 Å². The molecule has 1 fully saturated rings. The first-order valence-electron chi connectivity index (χ1n) is 9.55. The summed E-state index contributed by atoms with van der Waals surface area (Å²) in [5.74, 6) is -1.13. The van der Waals surface area contributed by atoms with Crippen LogP contribution in [0.4, 0.5) is 4.39 Å². The van der Waals surface area contributed by atoms with Crippen molar-refractivity contribution in [2.24, 2.45) is 0 Å². The number of nitriles is 1. The lowest BCUT2D eigenvalue weighted by atomic mass is 9.96. The molecule has 1 amide bonds. The van der Waals surface area contributed by atoms with Gasteiger partial charge in [0.1, 0.15) is 17.4 Å². The van der Waals surface area contributed by atoms with Gasteiger partial charge in [-0.25, -0.2) is 13.9 Å². The molecule has 1 aliphatic heterocycles. The highest BCUT2D eigenvalue weighted by Gasteiger charge is 2.25. The molecule has 1 aliphatic rings. The van der Waals surface area contributed by atoms with Crippen LogP contribution >= 0.6 is 0 Å². The zero-order valence-electron chi connectivity index (χ0n) is 16.2. The summed E-state index contributed by atoms with van der Waals surface area (Å²) in [4.78, 5) is 32.0. The van der Waals surface area contributed by atoms with Crippen LogP contribution < -0.4 is 5.56 Å². The fourth-order valence-corrected chi connectivity index (χ4v) is 3.78. The Morgan fingerprint density at radius 2 is 2.03 bits per heavy atom. The van der Waals surface area contributed by atoms with Crippen LogP contribution in [-0.4, -0.2) is 38.5 Å². The van der Waals surface area contributed by atoms with Gasteiger partial charge in [-0.2, -0.15) is 5.26 Å². The maximum absolute atomic E-state index is 14.5. The number of carbonyl (C=O) groups excluding carboxylic acids is 1. The summed E-state index contributed by atoms with van der Waals surface area (Å²) >= 11 is 0. The monoisotopic (exact) mass is 393 g/mol. The summed E-state index contributed by atoms with van der Waals surface area (Å²) in [6.45, 7) is 4.95. The van der Waals surface area contributed by atoms with Crippen molar-refractivity contribution < 1.29 is 9.18 Å². The predicted octanol–water partition coefficient (Wildman–Crippen LogP) is 3.06. The predicted molar refractivity (Wildman–Crippen MR) is 105 cm³/mol.